The largest absolute Gasteiger partial charge is 0.389 e. The van der Waals surface area contributed by atoms with Crippen molar-refractivity contribution in [3.05, 3.63) is 53.9 Å². The summed E-state index contributed by atoms with van der Waals surface area (Å²) >= 11 is 0. The van der Waals surface area contributed by atoms with Crippen LogP contribution in [0.15, 0.2) is 42.7 Å². The summed E-state index contributed by atoms with van der Waals surface area (Å²) in [6.07, 6.45) is 4.29. The highest BCUT2D eigenvalue weighted by Crippen LogP contribution is 2.01. The number of aromatic nitrogens is 2. The van der Waals surface area contributed by atoms with Crippen LogP contribution >= 0.6 is 0 Å². The van der Waals surface area contributed by atoms with Crippen LogP contribution in [0.5, 0.6) is 0 Å². The van der Waals surface area contributed by atoms with Crippen molar-refractivity contribution in [1.29, 1.82) is 0 Å². The predicted octanol–water partition coefficient (Wildman–Crippen LogP) is 1.13. The average molecular weight is 289 g/mol. The summed E-state index contributed by atoms with van der Waals surface area (Å²) < 4.78 is 7.29. The maximum atomic E-state index is 9.82. The molecular formula is C16H23N3O2. The SMILES string of the molecule is Cn1cc(CCNCC(O)COCc2ccccc2)cn1. The molecule has 1 unspecified atom stereocenters. The molecule has 0 aliphatic carbocycles. The Kier molecular flexibility index (Phi) is 6.40. The van der Waals surface area contributed by atoms with E-state index in [1.165, 1.54) is 5.56 Å². The van der Waals surface area contributed by atoms with E-state index in [1.54, 1.807) is 4.68 Å². The molecule has 2 rings (SSSR count). The second-order valence-electron chi connectivity index (χ2n) is 5.13. The molecule has 5 nitrogen and oxygen atoms in total. The van der Waals surface area contributed by atoms with Crippen molar-refractivity contribution in [3.8, 4) is 0 Å². The van der Waals surface area contributed by atoms with Gasteiger partial charge in [-0.15, -0.1) is 0 Å². The third kappa shape index (κ3) is 6.08. The number of benzene rings is 1. The lowest BCUT2D eigenvalue weighted by Gasteiger charge is -2.12. The lowest BCUT2D eigenvalue weighted by atomic mass is 10.2. The third-order valence-corrected chi connectivity index (χ3v) is 3.15. The summed E-state index contributed by atoms with van der Waals surface area (Å²) in [4.78, 5) is 0. The fraction of sp³-hybridized carbons (Fsp3) is 0.438. The third-order valence-electron chi connectivity index (χ3n) is 3.15. The van der Waals surface area contributed by atoms with Gasteiger partial charge in [-0.3, -0.25) is 4.68 Å². The molecule has 2 N–H and O–H groups in total. The fourth-order valence-corrected chi connectivity index (χ4v) is 2.05. The highest BCUT2D eigenvalue weighted by atomic mass is 16.5. The number of aliphatic hydroxyl groups excluding tert-OH is 1. The maximum Gasteiger partial charge on any atom is 0.0897 e. The number of ether oxygens (including phenoxy) is 1. The van der Waals surface area contributed by atoms with Crippen LogP contribution in [0.4, 0.5) is 0 Å². The predicted molar refractivity (Wildman–Crippen MR) is 81.9 cm³/mol. The summed E-state index contributed by atoms with van der Waals surface area (Å²) in [6.45, 7) is 2.23. The first-order valence-corrected chi connectivity index (χ1v) is 7.22. The Hall–Kier alpha value is -1.69. The van der Waals surface area contributed by atoms with Crippen molar-refractivity contribution in [1.82, 2.24) is 15.1 Å². The molecule has 5 heteroatoms. The van der Waals surface area contributed by atoms with E-state index in [-0.39, 0.29) is 0 Å². The Morgan fingerprint density at radius 3 is 2.81 bits per heavy atom. The van der Waals surface area contributed by atoms with E-state index >= 15 is 0 Å². The molecule has 0 radical (unpaired) electrons. The Morgan fingerprint density at radius 1 is 1.29 bits per heavy atom. The molecule has 0 aliphatic rings. The van der Waals surface area contributed by atoms with Crippen molar-refractivity contribution in [2.75, 3.05) is 19.7 Å². The molecule has 1 aromatic heterocycles. The number of hydrogen-bond acceptors (Lipinski definition) is 4. The van der Waals surface area contributed by atoms with E-state index in [1.807, 2.05) is 49.8 Å². The molecule has 0 fully saturated rings. The van der Waals surface area contributed by atoms with E-state index in [0.29, 0.717) is 19.8 Å². The first-order chi connectivity index (χ1) is 10.2. The second kappa shape index (κ2) is 8.56. The number of nitrogens with one attached hydrogen (secondary N) is 1. The molecule has 21 heavy (non-hydrogen) atoms. The van der Waals surface area contributed by atoms with Gasteiger partial charge in [-0.25, -0.2) is 0 Å². The van der Waals surface area contributed by atoms with E-state index in [2.05, 4.69) is 10.4 Å². The minimum atomic E-state index is -0.484. The van der Waals surface area contributed by atoms with E-state index in [0.717, 1.165) is 18.5 Å². The number of aliphatic hydroxyl groups is 1. The molecular weight excluding hydrogens is 266 g/mol. The van der Waals surface area contributed by atoms with Gasteiger partial charge in [-0.1, -0.05) is 30.3 Å². The quantitative estimate of drug-likeness (QED) is 0.679. The highest BCUT2D eigenvalue weighted by molar-refractivity contribution is 5.13. The van der Waals surface area contributed by atoms with Crippen LogP contribution < -0.4 is 5.32 Å². The summed E-state index contributed by atoms with van der Waals surface area (Å²) in [5, 5.41) is 17.2. The Bertz CT molecular complexity index is 513. The number of aryl methyl sites for hydroxylation is 1. The van der Waals surface area contributed by atoms with Crippen molar-refractivity contribution >= 4 is 0 Å². The van der Waals surface area contributed by atoms with E-state index in [4.69, 9.17) is 4.74 Å². The molecule has 0 bridgehead atoms. The van der Waals surface area contributed by atoms with Gasteiger partial charge < -0.3 is 15.2 Å². The van der Waals surface area contributed by atoms with Crippen molar-refractivity contribution < 1.29 is 9.84 Å². The second-order valence-corrected chi connectivity index (χ2v) is 5.13. The Balaban J connectivity index is 1.52. The molecule has 0 aliphatic heterocycles. The molecule has 0 amide bonds. The zero-order valence-electron chi connectivity index (χ0n) is 12.4. The van der Waals surface area contributed by atoms with Gasteiger partial charge in [-0.05, 0) is 24.1 Å². The van der Waals surface area contributed by atoms with Crippen molar-refractivity contribution in [3.63, 3.8) is 0 Å². The molecule has 1 heterocycles. The monoisotopic (exact) mass is 289 g/mol. The first-order valence-electron chi connectivity index (χ1n) is 7.22. The Morgan fingerprint density at radius 2 is 2.10 bits per heavy atom. The molecule has 114 valence electrons. The molecule has 0 saturated carbocycles. The topological polar surface area (TPSA) is 59.3 Å². The van der Waals surface area contributed by atoms with Crippen LogP contribution in [0, 0.1) is 0 Å². The van der Waals surface area contributed by atoms with Gasteiger partial charge in [0.25, 0.3) is 0 Å². The maximum absolute atomic E-state index is 9.82. The van der Waals surface area contributed by atoms with Crippen LogP contribution in [-0.2, 0) is 24.8 Å². The average Bonchev–Trinajstić information content (AvgIpc) is 2.90. The van der Waals surface area contributed by atoms with Crippen molar-refractivity contribution in [2.45, 2.75) is 19.1 Å². The normalized spacial score (nSPS) is 12.5. The van der Waals surface area contributed by atoms with E-state index in [9.17, 15) is 5.11 Å². The minimum absolute atomic E-state index is 0.342. The van der Waals surface area contributed by atoms with Crippen LogP contribution in [0.3, 0.4) is 0 Å². The van der Waals surface area contributed by atoms with Gasteiger partial charge in [0, 0.05) is 19.8 Å². The molecule has 1 aromatic carbocycles. The summed E-state index contributed by atoms with van der Waals surface area (Å²) in [7, 11) is 1.91. The molecule has 0 spiro atoms. The first kappa shape index (κ1) is 15.7. The minimum Gasteiger partial charge on any atom is -0.389 e. The number of rotatable bonds is 9. The van der Waals surface area contributed by atoms with Crippen LogP contribution in [0.1, 0.15) is 11.1 Å². The summed E-state index contributed by atoms with van der Waals surface area (Å²) in [5.41, 5.74) is 2.31. The zero-order chi connectivity index (χ0) is 14.9. The highest BCUT2D eigenvalue weighted by Gasteiger charge is 2.04. The number of hydrogen-bond donors (Lipinski definition) is 2. The number of nitrogens with zero attached hydrogens (tertiary/aromatic N) is 2. The smallest absolute Gasteiger partial charge is 0.0897 e. The molecule has 2 aromatic rings. The van der Waals surface area contributed by atoms with Gasteiger partial charge in [-0.2, -0.15) is 5.10 Å². The molecule has 1 atom stereocenters. The lowest BCUT2D eigenvalue weighted by Crippen LogP contribution is -2.31. The standard InChI is InChI=1S/C16H23N3O2/c1-19-11-15(9-18-19)7-8-17-10-16(20)13-21-12-14-5-3-2-4-6-14/h2-6,9,11,16-17,20H,7-8,10,12-13H2,1H3. The van der Waals surface area contributed by atoms with Gasteiger partial charge in [0.1, 0.15) is 0 Å². The Labute approximate surface area is 125 Å². The summed E-state index contributed by atoms with van der Waals surface area (Å²) in [5.74, 6) is 0. The lowest BCUT2D eigenvalue weighted by molar-refractivity contribution is 0.0290. The van der Waals surface area contributed by atoms with Gasteiger partial charge in [0.15, 0.2) is 0 Å². The van der Waals surface area contributed by atoms with Crippen LogP contribution in [0.25, 0.3) is 0 Å². The van der Waals surface area contributed by atoms with Gasteiger partial charge in [0.05, 0.1) is 25.5 Å². The summed E-state index contributed by atoms with van der Waals surface area (Å²) in [6, 6.07) is 9.96. The fourth-order valence-electron chi connectivity index (χ4n) is 2.05. The van der Waals surface area contributed by atoms with Crippen LogP contribution in [-0.4, -0.2) is 40.7 Å². The van der Waals surface area contributed by atoms with E-state index < -0.39 is 6.10 Å². The zero-order valence-corrected chi connectivity index (χ0v) is 12.4. The van der Waals surface area contributed by atoms with Crippen LogP contribution in [0.2, 0.25) is 0 Å². The molecule has 0 saturated heterocycles. The van der Waals surface area contributed by atoms with Crippen molar-refractivity contribution in [2.24, 2.45) is 7.05 Å². The van der Waals surface area contributed by atoms with Gasteiger partial charge >= 0.3 is 0 Å². The van der Waals surface area contributed by atoms with Gasteiger partial charge in [0.2, 0.25) is 0 Å².